The highest BCUT2D eigenvalue weighted by atomic mass is 16.5. The second-order valence-electron chi connectivity index (χ2n) is 10.0. The second-order valence-corrected chi connectivity index (χ2v) is 10.0. The number of benzene rings is 1. The van der Waals surface area contributed by atoms with Crippen molar-refractivity contribution in [2.45, 2.75) is 53.6 Å². The number of methoxy groups -OCH3 is 1. The molecule has 2 heterocycles. The van der Waals surface area contributed by atoms with Crippen LogP contribution in [-0.4, -0.2) is 48.8 Å². The Balaban J connectivity index is 1.99. The summed E-state index contributed by atoms with van der Waals surface area (Å²) in [6, 6.07) is 11.4. The van der Waals surface area contributed by atoms with Gasteiger partial charge in [-0.15, -0.1) is 0 Å². The Hall–Kier alpha value is -2.60. The summed E-state index contributed by atoms with van der Waals surface area (Å²) in [6.45, 7) is 12.3. The molecule has 1 unspecified atom stereocenters. The number of piperidine rings is 1. The van der Waals surface area contributed by atoms with Gasteiger partial charge in [0, 0.05) is 31.4 Å². The number of carbonyl (C=O) groups is 1. The van der Waals surface area contributed by atoms with Crippen molar-refractivity contribution in [3.8, 4) is 5.75 Å². The molecule has 0 spiro atoms. The van der Waals surface area contributed by atoms with Gasteiger partial charge in [-0.05, 0) is 62.3 Å². The molecule has 32 heavy (non-hydrogen) atoms. The number of carbonyl (C=O) groups excluding carboxylic acids is 1. The van der Waals surface area contributed by atoms with E-state index in [1.54, 1.807) is 12.0 Å². The predicted molar refractivity (Wildman–Crippen MR) is 130 cm³/mol. The number of amides is 1. The standard InChI is InChI=1S/C26H37N3O3/c1-18-8-7-9-24(27-18)29(17-26(3,4)5)25(31)22-11-10-21(32-6)16-23(22)28-14-12-20(13-15-28)19(2)30/h7-11,16,19-20,30H,12-15,17H2,1-6H3. The summed E-state index contributed by atoms with van der Waals surface area (Å²) >= 11 is 0. The predicted octanol–water partition coefficient (Wildman–Crippen LogP) is 4.69. The molecule has 1 N–H and O–H groups in total. The van der Waals surface area contributed by atoms with Gasteiger partial charge >= 0.3 is 0 Å². The van der Waals surface area contributed by atoms with Crippen molar-refractivity contribution in [2.75, 3.05) is 36.5 Å². The number of nitrogens with zero attached hydrogens (tertiary/aromatic N) is 3. The molecule has 0 bridgehead atoms. The van der Waals surface area contributed by atoms with Gasteiger partial charge in [-0.2, -0.15) is 0 Å². The number of aliphatic hydroxyl groups excluding tert-OH is 1. The van der Waals surface area contributed by atoms with Crippen LogP contribution in [0.3, 0.4) is 0 Å². The zero-order chi connectivity index (χ0) is 23.5. The van der Waals surface area contributed by atoms with Gasteiger partial charge in [-0.3, -0.25) is 9.69 Å². The number of ether oxygens (including phenoxy) is 1. The fourth-order valence-corrected chi connectivity index (χ4v) is 4.26. The van der Waals surface area contributed by atoms with E-state index in [0.29, 0.717) is 23.8 Å². The second kappa shape index (κ2) is 9.90. The monoisotopic (exact) mass is 439 g/mol. The third kappa shape index (κ3) is 5.80. The van der Waals surface area contributed by atoms with E-state index in [1.807, 2.05) is 50.2 Å². The number of hydrogen-bond acceptors (Lipinski definition) is 5. The van der Waals surface area contributed by atoms with Crippen LogP contribution in [0.1, 0.15) is 56.6 Å². The largest absolute Gasteiger partial charge is 0.497 e. The Morgan fingerprint density at radius 1 is 1.25 bits per heavy atom. The SMILES string of the molecule is COc1ccc(C(=O)N(CC(C)(C)C)c2cccc(C)n2)c(N2CCC(C(C)O)CC2)c1. The number of hydrogen-bond donors (Lipinski definition) is 1. The van der Waals surface area contributed by atoms with Crippen LogP contribution >= 0.6 is 0 Å². The van der Waals surface area contributed by atoms with Crippen molar-refractivity contribution >= 4 is 17.4 Å². The molecule has 3 rings (SSSR count). The van der Waals surface area contributed by atoms with Crippen LogP contribution in [0, 0.1) is 18.3 Å². The molecule has 6 nitrogen and oxygen atoms in total. The summed E-state index contributed by atoms with van der Waals surface area (Å²) in [5.74, 6) is 1.63. The lowest BCUT2D eigenvalue weighted by Crippen LogP contribution is -2.41. The average molecular weight is 440 g/mol. The Labute approximate surface area is 192 Å². The van der Waals surface area contributed by atoms with Crippen LogP contribution in [-0.2, 0) is 0 Å². The highest BCUT2D eigenvalue weighted by Gasteiger charge is 2.30. The molecule has 1 saturated heterocycles. The molecule has 6 heteroatoms. The van der Waals surface area contributed by atoms with E-state index < -0.39 is 0 Å². The van der Waals surface area contributed by atoms with Crippen LogP contribution in [0.2, 0.25) is 0 Å². The zero-order valence-electron chi connectivity index (χ0n) is 20.3. The Morgan fingerprint density at radius 3 is 2.50 bits per heavy atom. The van der Waals surface area contributed by atoms with Crippen molar-refractivity contribution in [3.05, 3.63) is 47.7 Å². The van der Waals surface area contributed by atoms with E-state index >= 15 is 0 Å². The Bertz CT molecular complexity index is 928. The zero-order valence-corrected chi connectivity index (χ0v) is 20.3. The smallest absolute Gasteiger partial charge is 0.261 e. The fourth-order valence-electron chi connectivity index (χ4n) is 4.26. The van der Waals surface area contributed by atoms with Gasteiger partial charge in [0.1, 0.15) is 11.6 Å². The van der Waals surface area contributed by atoms with Crippen LogP contribution in [0.15, 0.2) is 36.4 Å². The van der Waals surface area contributed by atoms with E-state index in [9.17, 15) is 9.90 Å². The van der Waals surface area contributed by atoms with E-state index in [-0.39, 0.29) is 17.4 Å². The first-order valence-electron chi connectivity index (χ1n) is 11.5. The van der Waals surface area contributed by atoms with Gasteiger partial charge < -0.3 is 14.7 Å². The summed E-state index contributed by atoms with van der Waals surface area (Å²) in [6.07, 6.45) is 1.49. The third-order valence-corrected chi connectivity index (χ3v) is 6.03. The average Bonchev–Trinajstić information content (AvgIpc) is 2.76. The maximum Gasteiger partial charge on any atom is 0.261 e. The highest BCUT2D eigenvalue weighted by Crippen LogP contribution is 2.33. The van der Waals surface area contributed by atoms with Gasteiger partial charge in [0.2, 0.25) is 0 Å². The van der Waals surface area contributed by atoms with Gasteiger partial charge in [0.15, 0.2) is 0 Å². The molecule has 174 valence electrons. The summed E-state index contributed by atoms with van der Waals surface area (Å²) < 4.78 is 5.48. The van der Waals surface area contributed by atoms with Gasteiger partial charge in [0.25, 0.3) is 5.91 Å². The first kappa shape index (κ1) is 24.1. The molecule has 1 atom stereocenters. The van der Waals surface area contributed by atoms with E-state index in [1.165, 1.54) is 0 Å². The number of anilines is 2. The van der Waals surface area contributed by atoms with Crippen LogP contribution in [0.25, 0.3) is 0 Å². The maximum atomic E-state index is 13.9. The minimum absolute atomic E-state index is 0.0617. The lowest BCUT2D eigenvalue weighted by molar-refractivity contribution is 0.0975. The normalized spacial score (nSPS) is 16.0. The maximum absolute atomic E-state index is 13.9. The molecule has 1 aromatic heterocycles. The van der Waals surface area contributed by atoms with E-state index in [0.717, 1.165) is 43.1 Å². The molecular weight excluding hydrogens is 402 g/mol. The molecule has 1 aliphatic rings. The molecule has 0 radical (unpaired) electrons. The molecule has 1 fully saturated rings. The van der Waals surface area contributed by atoms with Gasteiger partial charge in [-0.25, -0.2) is 4.98 Å². The number of aliphatic hydroxyl groups is 1. The quantitative estimate of drug-likeness (QED) is 0.707. The fraction of sp³-hybridized carbons (Fsp3) is 0.538. The van der Waals surface area contributed by atoms with Crippen molar-refractivity contribution in [1.82, 2.24) is 4.98 Å². The van der Waals surface area contributed by atoms with Gasteiger partial charge in [0.05, 0.1) is 24.5 Å². The first-order chi connectivity index (χ1) is 15.1. The third-order valence-electron chi connectivity index (χ3n) is 6.03. The van der Waals surface area contributed by atoms with Gasteiger partial charge in [-0.1, -0.05) is 26.8 Å². The molecule has 2 aromatic rings. The lowest BCUT2D eigenvalue weighted by Gasteiger charge is -2.36. The highest BCUT2D eigenvalue weighted by molar-refractivity contribution is 6.09. The van der Waals surface area contributed by atoms with Crippen LogP contribution in [0.4, 0.5) is 11.5 Å². The van der Waals surface area contributed by atoms with Crippen LogP contribution in [0.5, 0.6) is 5.75 Å². The lowest BCUT2D eigenvalue weighted by atomic mass is 9.91. The molecule has 0 aliphatic carbocycles. The summed E-state index contributed by atoms with van der Waals surface area (Å²) in [4.78, 5) is 22.6. The molecule has 1 amide bonds. The topological polar surface area (TPSA) is 65.9 Å². The summed E-state index contributed by atoms with van der Waals surface area (Å²) in [7, 11) is 1.64. The molecular formula is C26H37N3O3. The molecule has 0 saturated carbocycles. The first-order valence-corrected chi connectivity index (χ1v) is 11.5. The molecule has 1 aromatic carbocycles. The minimum atomic E-state index is -0.307. The number of aromatic nitrogens is 1. The van der Waals surface area contributed by atoms with E-state index in [2.05, 4.69) is 30.7 Å². The minimum Gasteiger partial charge on any atom is -0.497 e. The van der Waals surface area contributed by atoms with Crippen molar-refractivity contribution in [3.63, 3.8) is 0 Å². The Morgan fingerprint density at radius 2 is 1.94 bits per heavy atom. The van der Waals surface area contributed by atoms with Crippen molar-refractivity contribution in [1.29, 1.82) is 0 Å². The Kier molecular flexibility index (Phi) is 7.44. The summed E-state index contributed by atoms with van der Waals surface area (Å²) in [5.41, 5.74) is 2.31. The van der Waals surface area contributed by atoms with Crippen molar-refractivity contribution in [2.24, 2.45) is 11.3 Å². The van der Waals surface area contributed by atoms with Crippen LogP contribution < -0.4 is 14.5 Å². The summed E-state index contributed by atoms with van der Waals surface area (Å²) in [5, 5.41) is 9.98. The number of aryl methyl sites for hydroxylation is 1. The number of rotatable bonds is 6. The number of pyridine rings is 1. The van der Waals surface area contributed by atoms with E-state index in [4.69, 9.17) is 4.74 Å². The van der Waals surface area contributed by atoms with Crippen molar-refractivity contribution < 1.29 is 14.6 Å². The molecule has 1 aliphatic heterocycles.